The molecule has 3 N–H and O–H groups in total. The van der Waals surface area contributed by atoms with Crippen LogP contribution >= 0.6 is 0 Å². The number of carbonyl (C=O) groups excluding carboxylic acids is 2. The smallest absolute Gasteiger partial charge is 0.269 e. The van der Waals surface area contributed by atoms with Gasteiger partial charge in [-0.15, -0.1) is 0 Å². The highest BCUT2D eigenvalue weighted by molar-refractivity contribution is 6.45. The van der Waals surface area contributed by atoms with E-state index in [0.29, 0.717) is 24.0 Å². The summed E-state index contributed by atoms with van der Waals surface area (Å²) in [6.45, 7) is 0. The van der Waals surface area contributed by atoms with Crippen molar-refractivity contribution in [1.82, 2.24) is 5.43 Å². The highest BCUT2D eigenvalue weighted by atomic mass is 16.1. The minimum atomic E-state index is -0.580. The Morgan fingerprint density at radius 1 is 1.22 bits per heavy atom. The van der Waals surface area contributed by atoms with Gasteiger partial charge in [-0.1, -0.05) is 42.5 Å². The number of hydrogen-bond donors (Lipinski definition) is 2. The van der Waals surface area contributed by atoms with Crippen molar-refractivity contribution in [3.63, 3.8) is 0 Å². The lowest BCUT2D eigenvalue weighted by Crippen LogP contribution is -2.34. The van der Waals surface area contributed by atoms with Gasteiger partial charge in [0.05, 0.1) is 6.04 Å². The van der Waals surface area contributed by atoms with Crippen LogP contribution in [-0.2, 0) is 4.79 Å². The minimum absolute atomic E-state index is 0.0820. The SMILES string of the molecule is NC(=O)C1=NNC(CCC(=O)c2ccccc2)c2c[c]ccc21. The van der Waals surface area contributed by atoms with E-state index in [4.69, 9.17) is 5.73 Å². The molecule has 0 spiro atoms. The van der Waals surface area contributed by atoms with Gasteiger partial charge in [0.1, 0.15) is 0 Å². The van der Waals surface area contributed by atoms with Crippen molar-refractivity contribution in [2.45, 2.75) is 18.9 Å². The predicted octanol–water partition coefficient (Wildman–Crippen LogP) is 1.98. The Bertz CT molecular complexity index is 769. The summed E-state index contributed by atoms with van der Waals surface area (Å²) in [6.07, 6.45) is 0.964. The van der Waals surface area contributed by atoms with Crippen molar-refractivity contribution < 1.29 is 9.59 Å². The third-order valence-corrected chi connectivity index (χ3v) is 3.85. The van der Waals surface area contributed by atoms with Gasteiger partial charge in [0.15, 0.2) is 11.5 Å². The first-order valence-electron chi connectivity index (χ1n) is 7.38. The lowest BCUT2D eigenvalue weighted by atomic mass is 9.92. The number of Topliss-reactive ketones (excluding diaryl/α,β-unsaturated/α-hetero) is 1. The molecule has 115 valence electrons. The maximum Gasteiger partial charge on any atom is 0.269 e. The van der Waals surface area contributed by atoms with Gasteiger partial charge in [0, 0.05) is 17.5 Å². The molecule has 0 saturated carbocycles. The maximum absolute atomic E-state index is 12.2. The zero-order valence-electron chi connectivity index (χ0n) is 12.5. The molecule has 3 rings (SSSR count). The first-order chi connectivity index (χ1) is 11.2. The minimum Gasteiger partial charge on any atom is -0.364 e. The van der Waals surface area contributed by atoms with Gasteiger partial charge in [-0.05, 0) is 24.1 Å². The highest BCUT2D eigenvalue weighted by Gasteiger charge is 2.25. The van der Waals surface area contributed by atoms with Crippen LogP contribution in [0.2, 0.25) is 0 Å². The average Bonchev–Trinajstić information content (AvgIpc) is 2.59. The van der Waals surface area contributed by atoms with Crippen molar-refractivity contribution >= 4 is 17.4 Å². The number of nitrogens with one attached hydrogen (secondary N) is 1. The monoisotopic (exact) mass is 306 g/mol. The standard InChI is InChI=1S/C18H16N3O2/c19-18(23)17-14-9-5-4-8-13(14)15(20-21-17)10-11-16(22)12-6-2-1-3-7-12/h1-3,5-9,15,20H,10-11H2,(H2,19,23). The maximum atomic E-state index is 12.2. The number of hydrazone groups is 1. The van der Waals surface area contributed by atoms with E-state index >= 15 is 0 Å². The van der Waals surface area contributed by atoms with E-state index in [-0.39, 0.29) is 17.5 Å². The summed E-state index contributed by atoms with van der Waals surface area (Å²) in [7, 11) is 0. The molecule has 5 heteroatoms. The normalized spacial score (nSPS) is 16.0. The first-order valence-corrected chi connectivity index (χ1v) is 7.38. The third kappa shape index (κ3) is 3.13. The van der Waals surface area contributed by atoms with Crippen LogP contribution in [0, 0.1) is 6.07 Å². The summed E-state index contributed by atoms with van der Waals surface area (Å²) in [5.74, 6) is -0.498. The molecular weight excluding hydrogens is 290 g/mol. The van der Waals surface area contributed by atoms with E-state index in [0.717, 1.165) is 5.56 Å². The number of carbonyl (C=O) groups is 2. The largest absolute Gasteiger partial charge is 0.364 e. The topological polar surface area (TPSA) is 84.6 Å². The molecule has 5 nitrogen and oxygen atoms in total. The summed E-state index contributed by atoms with van der Waals surface area (Å²) in [4.78, 5) is 23.7. The van der Waals surface area contributed by atoms with E-state index < -0.39 is 5.91 Å². The predicted molar refractivity (Wildman–Crippen MR) is 86.9 cm³/mol. The zero-order valence-corrected chi connectivity index (χ0v) is 12.5. The Hall–Kier alpha value is -2.95. The van der Waals surface area contributed by atoms with Gasteiger partial charge in [-0.2, -0.15) is 5.10 Å². The zero-order chi connectivity index (χ0) is 16.2. The number of nitrogens with two attached hydrogens (primary N) is 1. The van der Waals surface area contributed by atoms with Gasteiger partial charge in [-0.25, -0.2) is 0 Å². The van der Waals surface area contributed by atoms with Gasteiger partial charge < -0.3 is 11.2 Å². The Balaban J connectivity index is 1.75. The number of hydrogen-bond acceptors (Lipinski definition) is 4. The number of primary amides is 1. The average molecular weight is 306 g/mol. The van der Waals surface area contributed by atoms with Crippen molar-refractivity contribution in [3.8, 4) is 0 Å². The van der Waals surface area contributed by atoms with Gasteiger partial charge in [0.2, 0.25) is 0 Å². The third-order valence-electron chi connectivity index (χ3n) is 3.85. The van der Waals surface area contributed by atoms with Gasteiger partial charge in [-0.3, -0.25) is 9.59 Å². The molecule has 23 heavy (non-hydrogen) atoms. The van der Waals surface area contributed by atoms with Crippen molar-refractivity contribution in [3.05, 3.63) is 71.3 Å². The Morgan fingerprint density at radius 3 is 2.74 bits per heavy atom. The Kier molecular flexibility index (Phi) is 4.19. The first kappa shape index (κ1) is 15.0. The molecular formula is C18H16N3O2. The molecule has 0 bridgehead atoms. The van der Waals surface area contributed by atoms with Crippen LogP contribution in [-0.4, -0.2) is 17.4 Å². The number of ketones is 1. The Morgan fingerprint density at radius 2 is 2.00 bits per heavy atom. The summed E-state index contributed by atoms with van der Waals surface area (Å²) >= 11 is 0. The molecule has 1 atom stereocenters. The molecule has 1 aliphatic heterocycles. The molecule has 0 aliphatic carbocycles. The molecule has 0 aromatic heterocycles. The molecule has 1 radical (unpaired) electrons. The van der Waals surface area contributed by atoms with Crippen molar-refractivity contribution in [2.24, 2.45) is 10.8 Å². The second-order valence-electron chi connectivity index (χ2n) is 5.35. The molecule has 0 saturated heterocycles. The number of nitrogens with zero attached hydrogens (tertiary/aromatic N) is 1. The van der Waals surface area contributed by atoms with E-state index in [1.807, 2.05) is 30.3 Å². The van der Waals surface area contributed by atoms with Crippen LogP contribution in [0.25, 0.3) is 0 Å². The fourth-order valence-electron chi connectivity index (χ4n) is 2.67. The molecule has 0 fully saturated rings. The van der Waals surface area contributed by atoms with Crippen molar-refractivity contribution in [1.29, 1.82) is 0 Å². The van der Waals surface area contributed by atoms with E-state index in [2.05, 4.69) is 16.6 Å². The highest BCUT2D eigenvalue weighted by Crippen LogP contribution is 2.26. The molecule has 2 aromatic carbocycles. The summed E-state index contributed by atoms with van der Waals surface area (Å²) in [5.41, 5.74) is 10.8. The summed E-state index contributed by atoms with van der Waals surface area (Å²) in [5, 5.41) is 4.07. The fourth-order valence-corrected chi connectivity index (χ4v) is 2.67. The van der Waals surface area contributed by atoms with Crippen LogP contribution in [0.4, 0.5) is 0 Å². The van der Waals surface area contributed by atoms with Gasteiger partial charge >= 0.3 is 0 Å². The summed E-state index contributed by atoms with van der Waals surface area (Å²) in [6, 6.07) is 17.3. The fraction of sp³-hybridized carbons (Fsp3) is 0.167. The number of amides is 1. The molecule has 2 aromatic rings. The van der Waals surface area contributed by atoms with Crippen LogP contribution < -0.4 is 11.2 Å². The van der Waals surface area contributed by atoms with Crippen LogP contribution in [0.15, 0.2) is 53.6 Å². The van der Waals surface area contributed by atoms with E-state index in [1.165, 1.54) is 0 Å². The van der Waals surface area contributed by atoms with Crippen LogP contribution in [0.1, 0.15) is 40.4 Å². The quantitative estimate of drug-likeness (QED) is 0.828. The number of benzene rings is 2. The lowest BCUT2D eigenvalue weighted by Gasteiger charge is -2.24. The molecule has 1 heterocycles. The van der Waals surface area contributed by atoms with E-state index in [1.54, 1.807) is 18.2 Å². The van der Waals surface area contributed by atoms with Crippen LogP contribution in [0.3, 0.4) is 0 Å². The molecule has 1 amide bonds. The second-order valence-corrected chi connectivity index (χ2v) is 5.35. The van der Waals surface area contributed by atoms with E-state index in [9.17, 15) is 9.59 Å². The number of fused-ring (bicyclic) bond motifs is 1. The van der Waals surface area contributed by atoms with Gasteiger partial charge in [0.25, 0.3) is 5.91 Å². The second kappa shape index (κ2) is 6.44. The lowest BCUT2D eigenvalue weighted by molar-refractivity contribution is -0.112. The molecule has 1 unspecified atom stereocenters. The Labute approximate surface area is 134 Å². The summed E-state index contributed by atoms with van der Waals surface area (Å²) < 4.78 is 0. The molecule has 1 aliphatic rings. The number of rotatable bonds is 5. The van der Waals surface area contributed by atoms with Crippen LogP contribution in [0.5, 0.6) is 0 Å². The van der Waals surface area contributed by atoms with Crippen molar-refractivity contribution in [2.75, 3.05) is 0 Å².